The van der Waals surface area contributed by atoms with E-state index in [1.807, 2.05) is 18.3 Å². The smallest absolute Gasteiger partial charge is 0.125 e. The minimum absolute atomic E-state index is 0.377. The van der Waals surface area contributed by atoms with Gasteiger partial charge in [0.1, 0.15) is 5.75 Å². The van der Waals surface area contributed by atoms with Gasteiger partial charge in [-0.15, -0.1) is 0 Å². The Balaban J connectivity index is 1.94. The zero-order chi connectivity index (χ0) is 13.7. The summed E-state index contributed by atoms with van der Waals surface area (Å²) in [5.41, 5.74) is 2.22. The Morgan fingerprint density at radius 1 is 1.21 bits per heavy atom. The zero-order valence-corrected chi connectivity index (χ0v) is 11.9. The summed E-state index contributed by atoms with van der Waals surface area (Å²) in [6, 6.07) is 5.63. The number of rotatable bonds is 7. The van der Waals surface area contributed by atoms with E-state index in [4.69, 9.17) is 0 Å². The van der Waals surface area contributed by atoms with Gasteiger partial charge in [-0.2, -0.15) is 0 Å². The first-order valence-corrected chi connectivity index (χ1v) is 7.19. The Morgan fingerprint density at radius 2 is 2.05 bits per heavy atom. The third-order valence-electron chi connectivity index (χ3n) is 3.67. The van der Waals surface area contributed by atoms with Crippen LogP contribution < -0.4 is 0 Å². The van der Waals surface area contributed by atoms with Crippen molar-refractivity contribution in [1.29, 1.82) is 0 Å². The summed E-state index contributed by atoms with van der Waals surface area (Å²) in [4.78, 5) is 5.60. The first-order chi connectivity index (χ1) is 9.22. The number of nitrogens with one attached hydrogen (secondary N) is 1. The van der Waals surface area contributed by atoms with Gasteiger partial charge in [-0.1, -0.05) is 25.8 Å². The number of nitrogens with zero attached hydrogens (tertiary/aromatic N) is 1. The molecule has 1 heterocycles. The quantitative estimate of drug-likeness (QED) is 0.747. The van der Waals surface area contributed by atoms with Gasteiger partial charge >= 0.3 is 0 Å². The molecular weight excluding hydrogens is 236 g/mol. The third kappa shape index (κ3) is 3.51. The molecule has 0 saturated heterocycles. The number of phenolic OH excluding ortho intramolecular Hbond substituents is 1. The highest BCUT2D eigenvalue weighted by Gasteiger charge is 2.08. The summed E-state index contributed by atoms with van der Waals surface area (Å²) in [5.74, 6) is 0.377. The highest BCUT2D eigenvalue weighted by molar-refractivity contribution is 5.88. The molecule has 1 aromatic heterocycles. The largest absolute Gasteiger partial charge is 0.507 e. The van der Waals surface area contributed by atoms with Crippen molar-refractivity contribution in [2.75, 3.05) is 20.1 Å². The lowest BCUT2D eigenvalue weighted by Crippen LogP contribution is -2.22. The van der Waals surface area contributed by atoms with Crippen LogP contribution in [0, 0.1) is 0 Å². The van der Waals surface area contributed by atoms with Crippen molar-refractivity contribution in [3.05, 3.63) is 30.0 Å². The highest BCUT2D eigenvalue weighted by atomic mass is 16.3. The Bertz CT molecular complexity index is 518. The maximum atomic E-state index is 9.95. The van der Waals surface area contributed by atoms with Crippen LogP contribution in [0.1, 0.15) is 31.7 Å². The number of H-pyrrole nitrogens is 1. The van der Waals surface area contributed by atoms with Crippen LogP contribution in [0.2, 0.25) is 0 Å². The van der Waals surface area contributed by atoms with Crippen molar-refractivity contribution in [1.82, 2.24) is 9.88 Å². The molecule has 2 N–H and O–H groups in total. The molecule has 0 aliphatic rings. The predicted molar refractivity (Wildman–Crippen MR) is 80.7 cm³/mol. The van der Waals surface area contributed by atoms with E-state index in [0.717, 1.165) is 30.4 Å². The molecular formula is C16H24N2O. The van der Waals surface area contributed by atoms with Crippen LogP contribution in [-0.2, 0) is 6.42 Å². The van der Waals surface area contributed by atoms with Crippen LogP contribution in [0.4, 0.5) is 0 Å². The number of hydrogen-bond acceptors (Lipinski definition) is 2. The molecule has 0 atom stereocenters. The predicted octanol–water partition coefficient (Wildman–Crippen LogP) is 3.54. The summed E-state index contributed by atoms with van der Waals surface area (Å²) >= 11 is 0. The van der Waals surface area contributed by atoms with Gasteiger partial charge in [-0.05, 0) is 44.1 Å². The summed E-state index contributed by atoms with van der Waals surface area (Å²) in [5, 5.41) is 10.9. The third-order valence-corrected chi connectivity index (χ3v) is 3.67. The molecule has 0 aliphatic carbocycles. The lowest BCUT2D eigenvalue weighted by molar-refractivity contribution is 0.329. The molecule has 3 heteroatoms. The fraction of sp³-hybridized carbons (Fsp3) is 0.500. The van der Waals surface area contributed by atoms with Gasteiger partial charge in [0, 0.05) is 23.6 Å². The van der Waals surface area contributed by atoms with Crippen molar-refractivity contribution < 1.29 is 5.11 Å². The van der Waals surface area contributed by atoms with Gasteiger partial charge in [-0.3, -0.25) is 0 Å². The number of phenols is 1. The summed E-state index contributed by atoms with van der Waals surface area (Å²) in [7, 11) is 2.17. The normalized spacial score (nSPS) is 11.5. The van der Waals surface area contributed by atoms with E-state index in [0.29, 0.717) is 5.75 Å². The van der Waals surface area contributed by atoms with Gasteiger partial charge in [-0.25, -0.2) is 0 Å². The number of fused-ring (bicyclic) bond motifs is 1. The molecule has 0 saturated carbocycles. The summed E-state index contributed by atoms with van der Waals surface area (Å²) < 4.78 is 0. The Kier molecular flexibility index (Phi) is 4.86. The first-order valence-electron chi connectivity index (χ1n) is 7.19. The number of hydrogen-bond donors (Lipinski definition) is 2. The van der Waals surface area contributed by atoms with E-state index in [9.17, 15) is 5.11 Å². The SMILES string of the molecule is CCCCCN(C)CCc1c[nH]c2cccc(O)c12. The summed E-state index contributed by atoms with van der Waals surface area (Å²) in [6.45, 7) is 4.42. The maximum absolute atomic E-state index is 9.95. The zero-order valence-electron chi connectivity index (χ0n) is 11.9. The fourth-order valence-electron chi connectivity index (χ4n) is 2.49. The Morgan fingerprint density at radius 3 is 2.84 bits per heavy atom. The lowest BCUT2D eigenvalue weighted by atomic mass is 10.1. The van der Waals surface area contributed by atoms with Crippen molar-refractivity contribution >= 4 is 10.9 Å². The molecule has 19 heavy (non-hydrogen) atoms. The molecule has 0 bridgehead atoms. The Hall–Kier alpha value is -1.48. The first kappa shape index (κ1) is 13.9. The molecule has 3 nitrogen and oxygen atoms in total. The van der Waals surface area contributed by atoms with Crippen molar-refractivity contribution in [2.45, 2.75) is 32.6 Å². The number of unbranched alkanes of at least 4 members (excludes halogenated alkanes) is 2. The molecule has 1 aromatic carbocycles. The lowest BCUT2D eigenvalue weighted by Gasteiger charge is -2.15. The average molecular weight is 260 g/mol. The van der Waals surface area contributed by atoms with Crippen molar-refractivity contribution in [2.24, 2.45) is 0 Å². The molecule has 0 spiro atoms. The monoisotopic (exact) mass is 260 g/mol. The van der Waals surface area contributed by atoms with Crippen LogP contribution in [-0.4, -0.2) is 35.1 Å². The topological polar surface area (TPSA) is 39.3 Å². The molecule has 0 aliphatic heterocycles. The highest BCUT2D eigenvalue weighted by Crippen LogP contribution is 2.27. The van der Waals surface area contributed by atoms with Gasteiger partial charge in [0.2, 0.25) is 0 Å². The minimum Gasteiger partial charge on any atom is -0.507 e. The second kappa shape index (κ2) is 6.62. The second-order valence-corrected chi connectivity index (χ2v) is 5.27. The molecule has 0 radical (unpaired) electrons. The minimum atomic E-state index is 0.377. The number of aromatic nitrogens is 1. The average Bonchev–Trinajstić information content (AvgIpc) is 2.81. The second-order valence-electron chi connectivity index (χ2n) is 5.27. The van der Waals surface area contributed by atoms with Crippen molar-refractivity contribution in [3.8, 4) is 5.75 Å². The number of likely N-dealkylation sites (N-methyl/N-ethyl adjacent to an activating group) is 1. The number of benzene rings is 1. The van der Waals surface area contributed by atoms with Crippen molar-refractivity contribution in [3.63, 3.8) is 0 Å². The molecule has 0 unspecified atom stereocenters. The van der Waals surface area contributed by atoms with E-state index in [2.05, 4.69) is 23.9 Å². The van der Waals surface area contributed by atoms with Crippen LogP contribution in [0.5, 0.6) is 5.75 Å². The summed E-state index contributed by atoms with van der Waals surface area (Å²) in [6.07, 6.45) is 6.83. The van der Waals surface area contributed by atoms with Gasteiger partial charge in [0.05, 0.1) is 0 Å². The fourth-order valence-corrected chi connectivity index (χ4v) is 2.49. The van der Waals surface area contributed by atoms with Crippen LogP contribution >= 0.6 is 0 Å². The number of aromatic hydroxyl groups is 1. The van der Waals surface area contributed by atoms with E-state index < -0.39 is 0 Å². The van der Waals surface area contributed by atoms with Crippen LogP contribution in [0.15, 0.2) is 24.4 Å². The maximum Gasteiger partial charge on any atom is 0.125 e. The van der Waals surface area contributed by atoms with Gasteiger partial charge < -0.3 is 15.0 Å². The molecule has 0 fully saturated rings. The van der Waals surface area contributed by atoms with E-state index in [1.165, 1.54) is 24.8 Å². The van der Waals surface area contributed by atoms with Crippen LogP contribution in [0.25, 0.3) is 10.9 Å². The number of aromatic amines is 1. The Labute approximate surface area is 115 Å². The van der Waals surface area contributed by atoms with E-state index >= 15 is 0 Å². The molecule has 2 rings (SSSR count). The van der Waals surface area contributed by atoms with Gasteiger partial charge in [0.25, 0.3) is 0 Å². The molecule has 2 aromatic rings. The van der Waals surface area contributed by atoms with E-state index in [-0.39, 0.29) is 0 Å². The molecule has 0 amide bonds. The van der Waals surface area contributed by atoms with E-state index in [1.54, 1.807) is 6.07 Å². The van der Waals surface area contributed by atoms with Crippen LogP contribution in [0.3, 0.4) is 0 Å². The standard InChI is InChI=1S/C16H24N2O/c1-3-4-5-10-18(2)11-9-13-12-17-14-7-6-8-15(19)16(13)14/h6-8,12,17,19H,3-5,9-11H2,1-2H3. The molecule has 104 valence electrons. The van der Waals surface area contributed by atoms with Gasteiger partial charge in [0.15, 0.2) is 0 Å².